The molecular weight excluding hydrogens is 238 g/mol. The predicted molar refractivity (Wildman–Crippen MR) is 55.5 cm³/mol. The van der Waals surface area contributed by atoms with Crippen molar-refractivity contribution in [2.24, 2.45) is 0 Å². The first-order valence-electron chi connectivity index (χ1n) is 3.58. The molecule has 0 aliphatic rings. The Morgan fingerprint density at radius 1 is 1.58 bits per heavy atom. The molecule has 4 heteroatoms. The molecule has 0 aliphatic heterocycles. The summed E-state index contributed by atoms with van der Waals surface area (Å²) in [6, 6.07) is 5.40. The van der Waals surface area contributed by atoms with Crippen LogP contribution in [0.4, 0.5) is 5.69 Å². The van der Waals surface area contributed by atoms with Crippen molar-refractivity contribution in [3.8, 4) is 0 Å². The standard InChI is InChI=1S/C8H10BrNOS/c1-2-12(11)8-4-3-6(9)5-7(8)10/h3-5H,2,10H2,1H3. The smallest absolute Gasteiger partial charge is 0.0618 e. The van der Waals surface area contributed by atoms with Gasteiger partial charge in [0.25, 0.3) is 0 Å². The third-order valence-corrected chi connectivity index (χ3v) is 3.36. The quantitative estimate of drug-likeness (QED) is 0.815. The molecule has 66 valence electrons. The molecule has 0 saturated carbocycles. The zero-order valence-corrected chi connectivity index (χ0v) is 9.11. The van der Waals surface area contributed by atoms with Crippen LogP contribution in [0.3, 0.4) is 0 Å². The molecule has 0 saturated heterocycles. The fraction of sp³-hybridized carbons (Fsp3) is 0.250. The SMILES string of the molecule is CCS(=O)c1ccc(Br)cc1N. The topological polar surface area (TPSA) is 43.1 Å². The van der Waals surface area contributed by atoms with E-state index in [1.54, 1.807) is 12.1 Å². The minimum Gasteiger partial charge on any atom is -0.398 e. The van der Waals surface area contributed by atoms with E-state index in [0.29, 0.717) is 11.4 Å². The Morgan fingerprint density at radius 3 is 2.75 bits per heavy atom. The highest BCUT2D eigenvalue weighted by atomic mass is 79.9. The molecule has 1 rings (SSSR count). The Bertz CT molecular complexity index is 314. The average molecular weight is 248 g/mol. The van der Waals surface area contributed by atoms with Crippen molar-refractivity contribution < 1.29 is 4.21 Å². The first-order valence-corrected chi connectivity index (χ1v) is 5.69. The summed E-state index contributed by atoms with van der Waals surface area (Å²) in [5.74, 6) is 0.603. The van der Waals surface area contributed by atoms with Gasteiger partial charge in [0.1, 0.15) is 0 Å². The van der Waals surface area contributed by atoms with Crippen molar-refractivity contribution in [1.29, 1.82) is 0 Å². The summed E-state index contributed by atoms with van der Waals surface area (Å²) in [4.78, 5) is 0.723. The zero-order valence-electron chi connectivity index (χ0n) is 6.71. The van der Waals surface area contributed by atoms with Gasteiger partial charge < -0.3 is 5.73 Å². The fourth-order valence-corrected chi connectivity index (χ4v) is 2.11. The molecule has 1 atom stereocenters. The third-order valence-electron chi connectivity index (χ3n) is 1.48. The van der Waals surface area contributed by atoms with Crippen LogP contribution in [0.1, 0.15) is 6.92 Å². The molecule has 0 radical (unpaired) electrons. The van der Waals surface area contributed by atoms with Crippen molar-refractivity contribution in [2.75, 3.05) is 11.5 Å². The summed E-state index contributed by atoms with van der Waals surface area (Å²) in [5.41, 5.74) is 6.26. The fourth-order valence-electron chi connectivity index (χ4n) is 0.882. The van der Waals surface area contributed by atoms with Gasteiger partial charge >= 0.3 is 0 Å². The lowest BCUT2D eigenvalue weighted by Crippen LogP contribution is -1.99. The van der Waals surface area contributed by atoms with E-state index in [4.69, 9.17) is 5.73 Å². The van der Waals surface area contributed by atoms with Gasteiger partial charge in [0, 0.05) is 15.9 Å². The lowest BCUT2D eigenvalue weighted by atomic mass is 10.3. The van der Waals surface area contributed by atoms with Gasteiger partial charge in [-0.15, -0.1) is 0 Å². The summed E-state index contributed by atoms with van der Waals surface area (Å²) in [7, 11) is -0.956. The van der Waals surface area contributed by atoms with Gasteiger partial charge in [0.2, 0.25) is 0 Å². The molecule has 0 amide bonds. The number of nitrogen functional groups attached to an aromatic ring is 1. The molecule has 0 aromatic heterocycles. The summed E-state index contributed by atoms with van der Waals surface area (Å²) in [5, 5.41) is 0. The molecule has 2 N–H and O–H groups in total. The molecule has 1 aromatic rings. The van der Waals surface area contributed by atoms with Crippen molar-refractivity contribution in [1.82, 2.24) is 0 Å². The minimum atomic E-state index is -0.956. The first kappa shape index (κ1) is 9.74. The monoisotopic (exact) mass is 247 g/mol. The minimum absolute atomic E-state index is 0.588. The largest absolute Gasteiger partial charge is 0.398 e. The van der Waals surface area contributed by atoms with Gasteiger partial charge in [-0.3, -0.25) is 4.21 Å². The Labute approximate surface area is 82.7 Å². The van der Waals surface area contributed by atoms with Crippen LogP contribution in [0.5, 0.6) is 0 Å². The Hall–Kier alpha value is -0.350. The molecule has 12 heavy (non-hydrogen) atoms. The molecule has 1 aromatic carbocycles. The van der Waals surface area contributed by atoms with Crippen LogP contribution in [-0.2, 0) is 10.8 Å². The summed E-state index contributed by atoms with van der Waals surface area (Å²) in [6.45, 7) is 1.87. The maximum atomic E-state index is 11.4. The highest BCUT2D eigenvalue weighted by Gasteiger charge is 2.05. The second-order valence-corrected chi connectivity index (χ2v) is 4.94. The van der Waals surface area contributed by atoms with Crippen LogP contribution >= 0.6 is 15.9 Å². The first-order chi connectivity index (χ1) is 5.65. The molecular formula is C8H10BrNOS. The van der Waals surface area contributed by atoms with Crippen LogP contribution < -0.4 is 5.73 Å². The van der Waals surface area contributed by atoms with E-state index in [2.05, 4.69) is 15.9 Å². The van der Waals surface area contributed by atoms with Gasteiger partial charge in [0.15, 0.2) is 0 Å². The van der Waals surface area contributed by atoms with Gasteiger partial charge in [-0.25, -0.2) is 0 Å². The number of anilines is 1. The highest BCUT2D eigenvalue weighted by molar-refractivity contribution is 9.10. The predicted octanol–water partition coefficient (Wildman–Crippen LogP) is 2.16. The zero-order chi connectivity index (χ0) is 9.14. The molecule has 0 fully saturated rings. The van der Waals surface area contributed by atoms with Gasteiger partial charge in [0.05, 0.1) is 15.7 Å². The van der Waals surface area contributed by atoms with Crippen molar-refractivity contribution >= 4 is 32.4 Å². The van der Waals surface area contributed by atoms with Gasteiger partial charge in [-0.1, -0.05) is 22.9 Å². The summed E-state index contributed by atoms with van der Waals surface area (Å²) < 4.78 is 12.3. The van der Waals surface area contributed by atoms with E-state index in [1.807, 2.05) is 13.0 Å². The Morgan fingerprint density at radius 2 is 2.25 bits per heavy atom. The van der Waals surface area contributed by atoms with Crippen LogP contribution in [0.15, 0.2) is 27.6 Å². The van der Waals surface area contributed by atoms with Crippen molar-refractivity contribution in [3.05, 3.63) is 22.7 Å². The molecule has 2 nitrogen and oxygen atoms in total. The molecule has 0 aliphatic carbocycles. The lowest BCUT2D eigenvalue weighted by Gasteiger charge is -2.03. The molecule has 1 unspecified atom stereocenters. The number of benzene rings is 1. The molecule has 0 bridgehead atoms. The number of nitrogens with two attached hydrogens (primary N) is 1. The van der Waals surface area contributed by atoms with E-state index in [9.17, 15) is 4.21 Å². The second kappa shape index (κ2) is 4.05. The summed E-state index contributed by atoms with van der Waals surface area (Å²) >= 11 is 3.29. The summed E-state index contributed by atoms with van der Waals surface area (Å²) in [6.07, 6.45) is 0. The molecule has 0 spiro atoms. The van der Waals surface area contributed by atoms with Gasteiger partial charge in [-0.2, -0.15) is 0 Å². The Balaban J connectivity index is 3.09. The maximum absolute atomic E-state index is 11.4. The second-order valence-electron chi connectivity index (χ2n) is 2.32. The maximum Gasteiger partial charge on any atom is 0.0618 e. The highest BCUT2D eigenvalue weighted by Crippen LogP contribution is 2.21. The Kier molecular flexibility index (Phi) is 3.29. The van der Waals surface area contributed by atoms with E-state index in [-0.39, 0.29) is 0 Å². The lowest BCUT2D eigenvalue weighted by molar-refractivity contribution is 0.684. The van der Waals surface area contributed by atoms with E-state index >= 15 is 0 Å². The van der Waals surface area contributed by atoms with E-state index < -0.39 is 10.8 Å². The van der Waals surface area contributed by atoms with Gasteiger partial charge in [-0.05, 0) is 18.2 Å². The van der Waals surface area contributed by atoms with Crippen LogP contribution in [0, 0.1) is 0 Å². The van der Waals surface area contributed by atoms with Crippen LogP contribution in [0.2, 0.25) is 0 Å². The van der Waals surface area contributed by atoms with Crippen molar-refractivity contribution in [3.63, 3.8) is 0 Å². The third kappa shape index (κ3) is 2.08. The van der Waals surface area contributed by atoms with Crippen molar-refractivity contribution in [2.45, 2.75) is 11.8 Å². The average Bonchev–Trinajstić information content (AvgIpc) is 2.03. The number of hydrogen-bond acceptors (Lipinski definition) is 2. The number of rotatable bonds is 2. The number of hydrogen-bond donors (Lipinski definition) is 1. The van der Waals surface area contributed by atoms with Crippen LogP contribution in [-0.4, -0.2) is 9.96 Å². The van der Waals surface area contributed by atoms with E-state index in [1.165, 1.54) is 0 Å². The number of halogens is 1. The van der Waals surface area contributed by atoms with E-state index in [0.717, 1.165) is 9.37 Å². The normalized spacial score (nSPS) is 12.8. The molecule has 0 heterocycles. The van der Waals surface area contributed by atoms with Crippen LogP contribution in [0.25, 0.3) is 0 Å².